The van der Waals surface area contributed by atoms with Crippen molar-refractivity contribution in [3.8, 4) is 5.75 Å². The fourth-order valence-electron chi connectivity index (χ4n) is 2.47. The Balaban J connectivity index is 0.00000144. The molecule has 0 heterocycles. The number of ether oxygens (including phenoxy) is 1. The van der Waals surface area contributed by atoms with Crippen LogP contribution in [0.5, 0.6) is 5.75 Å². The van der Waals surface area contributed by atoms with Crippen LogP contribution in [0.3, 0.4) is 0 Å². The van der Waals surface area contributed by atoms with E-state index in [1.807, 2.05) is 18.2 Å². The molecule has 0 bridgehead atoms. The van der Waals surface area contributed by atoms with Gasteiger partial charge in [0.25, 0.3) is 0 Å². The monoisotopic (exact) mass is 319 g/mol. The van der Waals surface area contributed by atoms with Gasteiger partial charge in [0.15, 0.2) is 0 Å². The first-order valence-electron chi connectivity index (χ1n) is 5.81. The maximum atomic E-state index is 6.34. The molecule has 1 aromatic rings. The van der Waals surface area contributed by atoms with Crippen molar-refractivity contribution in [1.82, 2.24) is 0 Å². The van der Waals surface area contributed by atoms with Crippen LogP contribution in [-0.2, 0) is 0 Å². The summed E-state index contributed by atoms with van der Waals surface area (Å²) in [5.74, 6) is 1.51. The second-order valence-electron chi connectivity index (χ2n) is 4.46. The summed E-state index contributed by atoms with van der Waals surface area (Å²) in [5.41, 5.74) is 7.51. The zero-order valence-electron chi connectivity index (χ0n) is 9.99. The Labute approximate surface area is 117 Å². The summed E-state index contributed by atoms with van der Waals surface area (Å²) in [6.45, 7) is 0. The van der Waals surface area contributed by atoms with Crippen LogP contribution in [0.15, 0.2) is 22.7 Å². The predicted octanol–water partition coefficient (Wildman–Crippen LogP) is 4.07. The standard InChI is InChI=1S/C13H18BrNO.ClH/c1-16-10-6-7-12(14)11(8-10)13(15)9-4-2-3-5-9;/h6-9,13H,2-5,15H2,1H3;1H/t13-;/m0./s1. The van der Waals surface area contributed by atoms with Crippen LogP contribution >= 0.6 is 28.3 Å². The molecule has 96 valence electrons. The highest BCUT2D eigenvalue weighted by Crippen LogP contribution is 2.37. The maximum Gasteiger partial charge on any atom is 0.119 e. The molecule has 2 rings (SSSR count). The molecular weight excluding hydrogens is 302 g/mol. The lowest BCUT2D eigenvalue weighted by Gasteiger charge is -2.21. The first-order valence-corrected chi connectivity index (χ1v) is 6.60. The van der Waals surface area contributed by atoms with Crippen molar-refractivity contribution in [3.63, 3.8) is 0 Å². The van der Waals surface area contributed by atoms with E-state index in [1.165, 1.54) is 31.2 Å². The third kappa shape index (κ3) is 3.36. The average molecular weight is 321 g/mol. The molecular formula is C13H19BrClNO. The molecule has 2 N–H and O–H groups in total. The molecule has 1 aliphatic carbocycles. The van der Waals surface area contributed by atoms with E-state index < -0.39 is 0 Å². The summed E-state index contributed by atoms with van der Waals surface area (Å²) in [4.78, 5) is 0. The minimum atomic E-state index is 0. The first-order chi connectivity index (χ1) is 7.72. The molecule has 0 amide bonds. The van der Waals surface area contributed by atoms with Crippen molar-refractivity contribution in [2.75, 3.05) is 7.11 Å². The predicted molar refractivity (Wildman–Crippen MR) is 76.8 cm³/mol. The molecule has 1 atom stereocenters. The van der Waals surface area contributed by atoms with Gasteiger partial charge in [-0.1, -0.05) is 28.8 Å². The number of halogens is 2. The van der Waals surface area contributed by atoms with Gasteiger partial charge in [0.2, 0.25) is 0 Å². The van der Waals surface area contributed by atoms with E-state index >= 15 is 0 Å². The molecule has 1 aliphatic rings. The van der Waals surface area contributed by atoms with Crippen molar-refractivity contribution < 1.29 is 4.74 Å². The molecule has 0 spiro atoms. The Hall–Kier alpha value is -0.250. The highest BCUT2D eigenvalue weighted by Gasteiger charge is 2.24. The summed E-state index contributed by atoms with van der Waals surface area (Å²) >= 11 is 3.57. The van der Waals surface area contributed by atoms with E-state index in [9.17, 15) is 0 Å². The van der Waals surface area contributed by atoms with Crippen LogP contribution in [0.25, 0.3) is 0 Å². The van der Waals surface area contributed by atoms with Gasteiger partial charge in [-0.2, -0.15) is 0 Å². The lowest BCUT2D eigenvalue weighted by Crippen LogP contribution is -2.19. The topological polar surface area (TPSA) is 35.2 Å². The molecule has 0 unspecified atom stereocenters. The second kappa shape index (κ2) is 6.62. The quantitative estimate of drug-likeness (QED) is 0.911. The minimum Gasteiger partial charge on any atom is -0.497 e. The molecule has 17 heavy (non-hydrogen) atoms. The van der Waals surface area contributed by atoms with Gasteiger partial charge >= 0.3 is 0 Å². The normalized spacial score (nSPS) is 17.6. The number of rotatable bonds is 3. The van der Waals surface area contributed by atoms with Gasteiger partial charge in [-0.05, 0) is 42.5 Å². The van der Waals surface area contributed by atoms with Crippen LogP contribution in [0.1, 0.15) is 37.3 Å². The lowest BCUT2D eigenvalue weighted by molar-refractivity contribution is 0.409. The summed E-state index contributed by atoms with van der Waals surface area (Å²) in [5, 5.41) is 0. The number of nitrogens with two attached hydrogens (primary N) is 1. The van der Waals surface area contributed by atoms with Gasteiger partial charge in [-0.3, -0.25) is 0 Å². The lowest BCUT2D eigenvalue weighted by atomic mass is 9.92. The van der Waals surface area contributed by atoms with Crippen molar-refractivity contribution in [2.24, 2.45) is 11.7 Å². The van der Waals surface area contributed by atoms with E-state index in [-0.39, 0.29) is 18.4 Å². The van der Waals surface area contributed by atoms with E-state index in [0.29, 0.717) is 5.92 Å². The summed E-state index contributed by atoms with van der Waals surface area (Å²) in [7, 11) is 1.69. The van der Waals surface area contributed by atoms with Gasteiger partial charge in [0, 0.05) is 10.5 Å². The van der Waals surface area contributed by atoms with Crippen LogP contribution in [0.4, 0.5) is 0 Å². The Bertz CT molecular complexity index is 366. The average Bonchev–Trinajstić information content (AvgIpc) is 2.82. The third-order valence-corrected chi connectivity index (χ3v) is 4.19. The highest BCUT2D eigenvalue weighted by atomic mass is 79.9. The number of methoxy groups -OCH3 is 1. The Kier molecular flexibility index (Phi) is 5.77. The van der Waals surface area contributed by atoms with Gasteiger partial charge in [0.1, 0.15) is 5.75 Å². The molecule has 4 heteroatoms. The molecule has 1 fully saturated rings. The Morgan fingerprint density at radius 2 is 2.00 bits per heavy atom. The maximum absolute atomic E-state index is 6.34. The van der Waals surface area contributed by atoms with Crippen molar-refractivity contribution >= 4 is 28.3 Å². The van der Waals surface area contributed by atoms with E-state index in [2.05, 4.69) is 15.9 Å². The molecule has 0 aliphatic heterocycles. The van der Waals surface area contributed by atoms with E-state index in [4.69, 9.17) is 10.5 Å². The van der Waals surface area contributed by atoms with Crippen molar-refractivity contribution in [1.29, 1.82) is 0 Å². The van der Waals surface area contributed by atoms with E-state index in [1.54, 1.807) is 7.11 Å². The summed E-state index contributed by atoms with van der Waals surface area (Å²) in [6, 6.07) is 6.15. The van der Waals surface area contributed by atoms with Gasteiger partial charge in [-0.15, -0.1) is 12.4 Å². The SMILES string of the molecule is COc1ccc(Br)c([C@@H](N)C2CCCC2)c1.Cl. The van der Waals surface area contributed by atoms with Crippen LogP contribution in [0.2, 0.25) is 0 Å². The summed E-state index contributed by atoms with van der Waals surface area (Å²) in [6.07, 6.45) is 5.15. The van der Waals surface area contributed by atoms with Gasteiger partial charge in [0.05, 0.1) is 7.11 Å². The van der Waals surface area contributed by atoms with Crippen molar-refractivity contribution in [2.45, 2.75) is 31.7 Å². The van der Waals surface area contributed by atoms with Crippen LogP contribution in [-0.4, -0.2) is 7.11 Å². The second-order valence-corrected chi connectivity index (χ2v) is 5.31. The van der Waals surface area contributed by atoms with E-state index in [0.717, 1.165) is 10.2 Å². The largest absolute Gasteiger partial charge is 0.497 e. The Morgan fingerprint density at radius 3 is 2.59 bits per heavy atom. The smallest absolute Gasteiger partial charge is 0.119 e. The molecule has 2 nitrogen and oxygen atoms in total. The van der Waals surface area contributed by atoms with Gasteiger partial charge in [-0.25, -0.2) is 0 Å². The fourth-order valence-corrected chi connectivity index (χ4v) is 2.99. The zero-order chi connectivity index (χ0) is 11.5. The zero-order valence-corrected chi connectivity index (χ0v) is 12.4. The summed E-state index contributed by atoms with van der Waals surface area (Å²) < 4.78 is 6.34. The number of hydrogen-bond donors (Lipinski definition) is 1. The number of hydrogen-bond acceptors (Lipinski definition) is 2. The van der Waals surface area contributed by atoms with Crippen LogP contribution in [0, 0.1) is 5.92 Å². The minimum absolute atomic E-state index is 0. The molecule has 0 radical (unpaired) electrons. The van der Waals surface area contributed by atoms with Gasteiger partial charge < -0.3 is 10.5 Å². The first kappa shape index (κ1) is 14.8. The Morgan fingerprint density at radius 1 is 1.35 bits per heavy atom. The number of benzene rings is 1. The third-order valence-electron chi connectivity index (χ3n) is 3.47. The molecule has 0 saturated heterocycles. The van der Waals surface area contributed by atoms with Crippen LogP contribution < -0.4 is 10.5 Å². The molecule has 1 saturated carbocycles. The molecule has 0 aromatic heterocycles. The fraction of sp³-hybridized carbons (Fsp3) is 0.538. The highest BCUT2D eigenvalue weighted by molar-refractivity contribution is 9.10. The van der Waals surface area contributed by atoms with Crippen molar-refractivity contribution in [3.05, 3.63) is 28.2 Å². The molecule has 1 aromatic carbocycles.